The van der Waals surface area contributed by atoms with Gasteiger partial charge in [0.15, 0.2) is 0 Å². The van der Waals surface area contributed by atoms with Crippen LogP contribution in [0.3, 0.4) is 0 Å². The predicted molar refractivity (Wildman–Crippen MR) is 73.3 cm³/mol. The molecular formula is C14H14N4O2. The van der Waals surface area contributed by atoms with E-state index in [1.54, 1.807) is 0 Å². The van der Waals surface area contributed by atoms with Crippen LogP contribution in [0.5, 0.6) is 5.75 Å². The van der Waals surface area contributed by atoms with Crippen LogP contribution >= 0.6 is 0 Å². The zero-order valence-electron chi connectivity index (χ0n) is 10.7. The van der Waals surface area contributed by atoms with E-state index >= 15 is 0 Å². The van der Waals surface area contributed by atoms with Crippen molar-refractivity contribution in [1.29, 1.82) is 0 Å². The maximum atomic E-state index is 11.1. The highest BCUT2D eigenvalue weighted by Gasteiger charge is 2.24. The van der Waals surface area contributed by atoms with Gasteiger partial charge in [-0.15, -0.1) is 0 Å². The summed E-state index contributed by atoms with van der Waals surface area (Å²) >= 11 is 0. The first-order valence-corrected chi connectivity index (χ1v) is 6.28. The molecule has 3 rings (SSSR count). The van der Waals surface area contributed by atoms with Gasteiger partial charge in [0.1, 0.15) is 17.4 Å². The molecule has 6 heteroatoms. The van der Waals surface area contributed by atoms with Crippen LogP contribution in [0, 0.1) is 0 Å². The summed E-state index contributed by atoms with van der Waals surface area (Å²) < 4.78 is 5.70. The average Bonchev–Trinajstić information content (AvgIpc) is 2.46. The molecule has 2 heterocycles. The van der Waals surface area contributed by atoms with E-state index in [-0.39, 0.29) is 17.3 Å². The Morgan fingerprint density at radius 1 is 1.35 bits per heavy atom. The van der Waals surface area contributed by atoms with Crippen molar-refractivity contribution in [1.82, 2.24) is 9.97 Å². The van der Waals surface area contributed by atoms with E-state index in [9.17, 15) is 4.79 Å². The molecule has 0 fully saturated rings. The fraction of sp³-hybridized carbons (Fsp3) is 0.214. The van der Waals surface area contributed by atoms with Gasteiger partial charge in [-0.05, 0) is 18.1 Å². The van der Waals surface area contributed by atoms with E-state index < -0.39 is 5.91 Å². The highest BCUT2D eigenvalue weighted by Crippen LogP contribution is 2.31. The van der Waals surface area contributed by atoms with Gasteiger partial charge in [0.05, 0.1) is 18.1 Å². The number of hydrogen-bond acceptors (Lipinski definition) is 5. The van der Waals surface area contributed by atoms with Gasteiger partial charge in [0.25, 0.3) is 5.91 Å². The molecule has 20 heavy (non-hydrogen) atoms. The quantitative estimate of drug-likeness (QED) is 0.842. The number of carbonyl (C=O) groups is 1. The molecule has 1 amide bonds. The molecule has 0 spiro atoms. The molecule has 102 valence electrons. The predicted octanol–water partition coefficient (Wildman–Crippen LogP) is 0.876. The number of primary amides is 1. The monoisotopic (exact) mass is 270 g/mol. The number of carbonyl (C=O) groups excluding carboxylic acids is 1. The Hall–Kier alpha value is -2.63. The molecule has 0 bridgehead atoms. The van der Waals surface area contributed by atoms with Crippen molar-refractivity contribution in [2.24, 2.45) is 5.73 Å². The smallest absolute Gasteiger partial charge is 0.254 e. The number of hydrogen-bond donors (Lipinski definition) is 2. The number of ether oxygens (including phenoxy) is 1. The van der Waals surface area contributed by atoms with Crippen LogP contribution < -0.4 is 16.2 Å². The van der Waals surface area contributed by atoms with Crippen LogP contribution in [0.25, 0.3) is 0 Å². The highest BCUT2D eigenvalue weighted by molar-refractivity contribution is 5.96. The van der Waals surface area contributed by atoms with E-state index in [1.807, 2.05) is 24.3 Å². The van der Waals surface area contributed by atoms with Gasteiger partial charge in [-0.25, -0.2) is 9.97 Å². The lowest BCUT2D eigenvalue weighted by Gasteiger charge is -2.24. The van der Waals surface area contributed by atoms with Gasteiger partial charge < -0.3 is 16.2 Å². The molecule has 0 aliphatic carbocycles. The van der Waals surface area contributed by atoms with E-state index in [4.69, 9.17) is 16.2 Å². The zero-order valence-corrected chi connectivity index (χ0v) is 10.7. The maximum absolute atomic E-state index is 11.1. The first-order valence-electron chi connectivity index (χ1n) is 6.28. The summed E-state index contributed by atoms with van der Waals surface area (Å²) in [6.07, 6.45) is 2.16. The normalized spacial score (nSPS) is 17.1. The topological polar surface area (TPSA) is 104 Å². The number of nitrogen functional groups attached to an aromatic ring is 1. The Balaban J connectivity index is 1.88. The minimum atomic E-state index is -0.626. The molecular weight excluding hydrogens is 256 g/mol. The fourth-order valence-corrected chi connectivity index (χ4v) is 2.29. The summed E-state index contributed by atoms with van der Waals surface area (Å²) in [4.78, 5) is 19.5. The molecule has 0 radical (unpaired) electrons. The summed E-state index contributed by atoms with van der Waals surface area (Å²) in [7, 11) is 0. The van der Waals surface area contributed by atoms with Gasteiger partial charge in [0, 0.05) is 6.20 Å². The SMILES string of the molecule is NC(=O)c1cnc(C2COc3ccccc3C2)nc1N. The van der Waals surface area contributed by atoms with E-state index in [0.29, 0.717) is 12.4 Å². The maximum Gasteiger partial charge on any atom is 0.254 e. The van der Waals surface area contributed by atoms with Crippen LogP contribution in [0.1, 0.15) is 27.7 Å². The molecule has 1 unspecified atom stereocenters. The third kappa shape index (κ3) is 2.16. The summed E-state index contributed by atoms with van der Waals surface area (Å²) in [5, 5.41) is 0. The number of nitrogens with zero attached hydrogens (tertiary/aromatic N) is 2. The van der Waals surface area contributed by atoms with Crippen molar-refractivity contribution in [2.75, 3.05) is 12.3 Å². The van der Waals surface area contributed by atoms with E-state index in [2.05, 4.69) is 9.97 Å². The van der Waals surface area contributed by atoms with Crippen molar-refractivity contribution in [3.63, 3.8) is 0 Å². The van der Waals surface area contributed by atoms with Gasteiger partial charge in [-0.2, -0.15) is 0 Å². The van der Waals surface area contributed by atoms with E-state index in [0.717, 1.165) is 17.7 Å². The number of amides is 1. The second-order valence-corrected chi connectivity index (χ2v) is 4.71. The molecule has 0 saturated carbocycles. The second kappa shape index (κ2) is 4.80. The third-order valence-electron chi connectivity index (χ3n) is 3.35. The summed E-state index contributed by atoms with van der Waals surface area (Å²) in [6, 6.07) is 7.87. The van der Waals surface area contributed by atoms with Gasteiger partial charge in [0.2, 0.25) is 0 Å². The molecule has 1 aromatic carbocycles. The van der Waals surface area contributed by atoms with Crippen molar-refractivity contribution in [3.05, 3.63) is 47.4 Å². The molecule has 1 aromatic heterocycles. The number of anilines is 1. The number of nitrogens with two attached hydrogens (primary N) is 2. The molecule has 4 N–H and O–H groups in total. The van der Waals surface area contributed by atoms with Crippen molar-refractivity contribution >= 4 is 11.7 Å². The highest BCUT2D eigenvalue weighted by atomic mass is 16.5. The van der Waals surface area contributed by atoms with Crippen LogP contribution in [-0.4, -0.2) is 22.5 Å². The van der Waals surface area contributed by atoms with Gasteiger partial charge in [-0.3, -0.25) is 4.79 Å². The first-order chi connectivity index (χ1) is 9.65. The number of para-hydroxylation sites is 1. The molecule has 1 atom stereocenters. The number of benzene rings is 1. The minimum Gasteiger partial charge on any atom is -0.493 e. The lowest BCUT2D eigenvalue weighted by Crippen LogP contribution is -2.23. The number of aromatic nitrogens is 2. The Morgan fingerprint density at radius 3 is 2.90 bits per heavy atom. The first kappa shape index (κ1) is 12.4. The van der Waals surface area contributed by atoms with Gasteiger partial charge >= 0.3 is 0 Å². The number of fused-ring (bicyclic) bond motifs is 1. The molecule has 2 aromatic rings. The third-order valence-corrected chi connectivity index (χ3v) is 3.35. The Morgan fingerprint density at radius 2 is 2.15 bits per heavy atom. The van der Waals surface area contributed by atoms with Crippen LogP contribution in [0.2, 0.25) is 0 Å². The largest absolute Gasteiger partial charge is 0.493 e. The van der Waals surface area contributed by atoms with Crippen LogP contribution in [0.4, 0.5) is 5.82 Å². The van der Waals surface area contributed by atoms with Crippen molar-refractivity contribution < 1.29 is 9.53 Å². The van der Waals surface area contributed by atoms with Crippen molar-refractivity contribution in [3.8, 4) is 5.75 Å². The molecule has 0 saturated heterocycles. The van der Waals surface area contributed by atoms with Crippen molar-refractivity contribution in [2.45, 2.75) is 12.3 Å². The number of rotatable bonds is 2. The van der Waals surface area contributed by atoms with Gasteiger partial charge in [-0.1, -0.05) is 18.2 Å². The second-order valence-electron chi connectivity index (χ2n) is 4.71. The Labute approximate surface area is 115 Å². The average molecular weight is 270 g/mol. The molecule has 6 nitrogen and oxygen atoms in total. The standard InChI is InChI=1S/C14H14N4O2/c15-12-10(13(16)19)6-17-14(18-12)9-5-8-3-1-2-4-11(8)20-7-9/h1-4,6,9H,5,7H2,(H2,16,19)(H2,15,17,18). The molecule has 1 aliphatic heterocycles. The summed E-state index contributed by atoms with van der Waals surface area (Å²) in [6.45, 7) is 0.492. The summed E-state index contributed by atoms with van der Waals surface area (Å²) in [5.74, 6) is 0.974. The Bertz CT molecular complexity index is 672. The lowest BCUT2D eigenvalue weighted by molar-refractivity contribution is 0.100. The van der Waals surface area contributed by atoms with Crippen LogP contribution in [-0.2, 0) is 6.42 Å². The summed E-state index contributed by atoms with van der Waals surface area (Å²) in [5.41, 5.74) is 12.2. The zero-order chi connectivity index (χ0) is 14.1. The minimum absolute atomic E-state index is 0.0223. The van der Waals surface area contributed by atoms with Crippen LogP contribution in [0.15, 0.2) is 30.5 Å². The van der Waals surface area contributed by atoms with E-state index in [1.165, 1.54) is 6.20 Å². The fourth-order valence-electron chi connectivity index (χ4n) is 2.29. The Kier molecular flexibility index (Phi) is 2.98. The molecule has 1 aliphatic rings. The lowest BCUT2D eigenvalue weighted by atomic mass is 9.96.